The lowest BCUT2D eigenvalue weighted by atomic mass is 10.2. The van der Waals surface area contributed by atoms with Crippen LogP contribution < -0.4 is 4.74 Å². The number of hydrogen-bond donors (Lipinski definition) is 0. The van der Waals surface area contributed by atoms with Gasteiger partial charge in [-0.15, -0.1) is 0 Å². The molecule has 0 fully saturated rings. The Hall–Kier alpha value is -1.77. The molecule has 3 nitrogen and oxygen atoms in total. The van der Waals surface area contributed by atoms with Gasteiger partial charge >= 0.3 is 5.97 Å². The standard InChI is InChI=1S/C13H16O3/c1-3-15-13(14)11(2)9-10-16-12-7-5-4-6-8-12/h4-8H,2-3,9-10H2,1H3. The maximum absolute atomic E-state index is 11.2. The molecule has 1 rings (SSSR count). The molecule has 0 N–H and O–H groups in total. The Bertz CT molecular complexity index is 343. The average molecular weight is 220 g/mol. The average Bonchev–Trinajstić information content (AvgIpc) is 2.30. The molecule has 0 aliphatic carbocycles. The molecule has 0 heterocycles. The SMILES string of the molecule is C=C(CCOc1ccccc1)C(=O)OCC. The van der Waals surface area contributed by atoms with E-state index in [4.69, 9.17) is 9.47 Å². The van der Waals surface area contributed by atoms with Gasteiger partial charge in [0.1, 0.15) is 5.75 Å². The van der Waals surface area contributed by atoms with Crippen LogP contribution in [0.15, 0.2) is 42.5 Å². The fourth-order valence-electron chi connectivity index (χ4n) is 1.14. The van der Waals surface area contributed by atoms with E-state index in [1.165, 1.54) is 0 Å². The normalized spacial score (nSPS) is 9.56. The van der Waals surface area contributed by atoms with Crippen molar-refractivity contribution in [1.82, 2.24) is 0 Å². The lowest BCUT2D eigenvalue weighted by Gasteiger charge is -2.07. The van der Waals surface area contributed by atoms with Crippen LogP contribution in [-0.4, -0.2) is 19.2 Å². The van der Waals surface area contributed by atoms with Gasteiger partial charge in [0, 0.05) is 12.0 Å². The van der Waals surface area contributed by atoms with E-state index in [2.05, 4.69) is 6.58 Å². The van der Waals surface area contributed by atoms with Crippen molar-refractivity contribution in [3.63, 3.8) is 0 Å². The van der Waals surface area contributed by atoms with E-state index >= 15 is 0 Å². The fraction of sp³-hybridized carbons (Fsp3) is 0.308. The van der Waals surface area contributed by atoms with Crippen LogP contribution in [0.4, 0.5) is 0 Å². The summed E-state index contributed by atoms with van der Waals surface area (Å²) < 4.78 is 10.2. The van der Waals surface area contributed by atoms with Crippen LogP contribution in [-0.2, 0) is 9.53 Å². The molecular formula is C13H16O3. The van der Waals surface area contributed by atoms with Gasteiger partial charge < -0.3 is 9.47 Å². The highest BCUT2D eigenvalue weighted by molar-refractivity contribution is 5.87. The van der Waals surface area contributed by atoms with Crippen LogP contribution in [0.3, 0.4) is 0 Å². The zero-order valence-electron chi connectivity index (χ0n) is 9.44. The Kier molecular flexibility index (Phi) is 5.12. The van der Waals surface area contributed by atoms with Gasteiger partial charge in [0.15, 0.2) is 0 Å². The van der Waals surface area contributed by atoms with Crippen LogP contribution in [0.1, 0.15) is 13.3 Å². The topological polar surface area (TPSA) is 35.5 Å². The molecule has 0 spiro atoms. The minimum absolute atomic E-state index is 0.348. The molecule has 0 bridgehead atoms. The highest BCUT2D eigenvalue weighted by Crippen LogP contribution is 2.10. The molecule has 0 aliphatic rings. The molecule has 0 aromatic heterocycles. The number of rotatable bonds is 6. The molecule has 0 saturated heterocycles. The Morgan fingerprint density at radius 2 is 2.00 bits per heavy atom. The summed E-state index contributed by atoms with van der Waals surface area (Å²) in [5.41, 5.74) is 0.442. The molecule has 0 atom stereocenters. The zero-order valence-corrected chi connectivity index (χ0v) is 9.44. The number of carbonyl (C=O) groups excluding carboxylic acids is 1. The zero-order chi connectivity index (χ0) is 11.8. The quantitative estimate of drug-likeness (QED) is 0.546. The number of ether oxygens (including phenoxy) is 2. The van der Waals surface area contributed by atoms with E-state index in [9.17, 15) is 4.79 Å². The molecule has 86 valence electrons. The summed E-state index contributed by atoms with van der Waals surface area (Å²) in [6, 6.07) is 9.45. The van der Waals surface area contributed by atoms with Crippen LogP contribution in [0.2, 0.25) is 0 Å². The van der Waals surface area contributed by atoms with Gasteiger partial charge in [-0.05, 0) is 19.1 Å². The van der Waals surface area contributed by atoms with Crippen molar-refractivity contribution in [2.45, 2.75) is 13.3 Å². The molecule has 16 heavy (non-hydrogen) atoms. The second-order valence-electron chi connectivity index (χ2n) is 3.24. The molecular weight excluding hydrogens is 204 g/mol. The van der Waals surface area contributed by atoms with E-state index in [-0.39, 0.29) is 5.97 Å². The minimum atomic E-state index is -0.348. The maximum atomic E-state index is 11.2. The van der Waals surface area contributed by atoms with Gasteiger partial charge in [0.25, 0.3) is 0 Å². The summed E-state index contributed by atoms with van der Waals surface area (Å²) in [4.78, 5) is 11.2. The van der Waals surface area contributed by atoms with Crippen molar-refractivity contribution in [3.8, 4) is 5.75 Å². The monoisotopic (exact) mass is 220 g/mol. The van der Waals surface area contributed by atoms with E-state index in [0.717, 1.165) is 5.75 Å². The molecule has 0 unspecified atom stereocenters. The smallest absolute Gasteiger partial charge is 0.333 e. The number of benzene rings is 1. The summed E-state index contributed by atoms with van der Waals surface area (Å²) in [5, 5.41) is 0. The minimum Gasteiger partial charge on any atom is -0.493 e. The summed E-state index contributed by atoms with van der Waals surface area (Å²) in [6.45, 7) is 6.22. The van der Waals surface area contributed by atoms with Crippen molar-refractivity contribution in [3.05, 3.63) is 42.5 Å². The molecule has 3 heteroatoms. The second kappa shape index (κ2) is 6.67. The first kappa shape index (κ1) is 12.3. The Morgan fingerprint density at radius 1 is 1.31 bits per heavy atom. The summed E-state index contributed by atoms with van der Waals surface area (Å²) >= 11 is 0. The van der Waals surface area contributed by atoms with Crippen LogP contribution in [0.5, 0.6) is 5.75 Å². The van der Waals surface area contributed by atoms with Crippen molar-refractivity contribution in [2.24, 2.45) is 0 Å². The van der Waals surface area contributed by atoms with Gasteiger partial charge in [-0.2, -0.15) is 0 Å². The maximum Gasteiger partial charge on any atom is 0.333 e. The second-order valence-corrected chi connectivity index (χ2v) is 3.24. The van der Waals surface area contributed by atoms with E-state index in [1.807, 2.05) is 30.3 Å². The predicted octanol–water partition coefficient (Wildman–Crippen LogP) is 2.57. The van der Waals surface area contributed by atoms with E-state index < -0.39 is 0 Å². The number of hydrogen-bond acceptors (Lipinski definition) is 3. The largest absolute Gasteiger partial charge is 0.493 e. The summed E-state index contributed by atoms with van der Waals surface area (Å²) in [7, 11) is 0. The highest BCUT2D eigenvalue weighted by atomic mass is 16.5. The predicted molar refractivity (Wildman–Crippen MR) is 62.3 cm³/mol. The lowest BCUT2D eigenvalue weighted by Crippen LogP contribution is -2.09. The highest BCUT2D eigenvalue weighted by Gasteiger charge is 2.07. The van der Waals surface area contributed by atoms with Crippen LogP contribution in [0.25, 0.3) is 0 Å². The van der Waals surface area contributed by atoms with Gasteiger partial charge in [-0.3, -0.25) is 0 Å². The first-order valence-electron chi connectivity index (χ1n) is 5.26. The van der Waals surface area contributed by atoms with Gasteiger partial charge in [-0.25, -0.2) is 4.79 Å². The van der Waals surface area contributed by atoms with Gasteiger partial charge in [-0.1, -0.05) is 24.8 Å². The van der Waals surface area contributed by atoms with Crippen molar-refractivity contribution >= 4 is 5.97 Å². The lowest BCUT2D eigenvalue weighted by molar-refractivity contribution is -0.138. The molecule has 0 amide bonds. The van der Waals surface area contributed by atoms with Gasteiger partial charge in [0.05, 0.1) is 13.2 Å². The van der Waals surface area contributed by atoms with Crippen LogP contribution in [0, 0.1) is 0 Å². The Balaban J connectivity index is 2.26. The van der Waals surface area contributed by atoms with Crippen molar-refractivity contribution < 1.29 is 14.3 Å². The third-order valence-electron chi connectivity index (χ3n) is 1.98. The first-order valence-corrected chi connectivity index (χ1v) is 5.26. The summed E-state index contributed by atoms with van der Waals surface area (Å²) in [5.74, 6) is 0.443. The van der Waals surface area contributed by atoms with E-state index in [0.29, 0.717) is 25.2 Å². The fourth-order valence-corrected chi connectivity index (χ4v) is 1.14. The van der Waals surface area contributed by atoms with Crippen LogP contribution >= 0.6 is 0 Å². The number of esters is 1. The molecule has 1 aromatic rings. The third kappa shape index (κ3) is 4.17. The molecule has 0 aliphatic heterocycles. The summed E-state index contributed by atoms with van der Waals surface area (Å²) in [6.07, 6.45) is 0.480. The Labute approximate surface area is 95.7 Å². The van der Waals surface area contributed by atoms with E-state index in [1.54, 1.807) is 6.92 Å². The van der Waals surface area contributed by atoms with Crippen molar-refractivity contribution in [1.29, 1.82) is 0 Å². The number of para-hydroxylation sites is 1. The third-order valence-corrected chi connectivity index (χ3v) is 1.98. The molecule has 0 radical (unpaired) electrons. The Morgan fingerprint density at radius 3 is 2.62 bits per heavy atom. The van der Waals surface area contributed by atoms with Crippen molar-refractivity contribution in [2.75, 3.05) is 13.2 Å². The first-order chi connectivity index (χ1) is 7.74. The number of carbonyl (C=O) groups is 1. The molecule has 0 saturated carbocycles. The molecule has 1 aromatic carbocycles. The van der Waals surface area contributed by atoms with Gasteiger partial charge in [0.2, 0.25) is 0 Å².